The minimum Gasteiger partial charge on any atom is -0.338 e. The third-order valence-electron chi connectivity index (χ3n) is 3.12. The Kier molecular flexibility index (Phi) is 5.95. The topological polar surface area (TPSA) is 29.9 Å². The summed E-state index contributed by atoms with van der Waals surface area (Å²) < 4.78 is 2.07. The van der Waals surface area contributed by atoms with E-state index in [4.69, 9.17) is 11.6 Å². The van der Waals surface area contributed by atoms with Crippen molar-refractivity contribution in [3.8, 4) is 0 Å². The molecule has 0 saturated carbocycles. The van der Waals surface area contributed by atoms with Gasteiger partial charge in [0.05, 0.1) is 5.02 Å². The first kappa shape index (κ1) is 15.4. The summed E-state index contributed by atoms with van der Waals surface area (Å²) in [7, 11) is 2.03. The molecule has 2 aromatic rings. The van der Waals surface area contributed by atoms with Crippen LogP contribution in [0.2, 0.25) is 5.02 Å². The van der Waals surface area contributed by atoms with Crippen molar-refractivity contribution >= 4 is 23.4 Å². The summed E-state index contributed by atoms with van der Waals surface area (Å²) in [6, 6.07) is 8.38. The van der Waals surface area contributed by atoms with Gasteiger partial charge in [-0.25, -0.2) is 4.98 Å². The summed E-state index contributed by atoms with van der Waals surface area (Å²) >= 11 is 7.99. The molecule has 1 unspecified atom stereocenters. The van der Waals surface area contributed by atoms with Crippen molar-refractivity contribution in [2.45, 2.75) is 24.3 Å². The molecule has 1 atom stereocenters. The molecule has 0 aliphatic rings. The van der Waals surface area contributed by atoms with Crippen molar-refractivity contribution in [3.63, 3.8) is 0 Å². The molecule has 108 valence electrons. The van der Waals surface area contributed by atoms with Crippen LogP contribution in [0.4, 0.5) is 0 Å². The molecular weight excluding hydrogens is 290 g/mol. The molecule has 0 saturated heterocycles. The van der Waals surface area contributed by atoms with Gasteiger partial charge in [-0.05, 0) is 18.7 Å². The molecule has 1 heterocycles. The fourth-order valence-electron chi connectivity index (χ4n) is 2.04. The monoisotopic (exact) mass is 309 g/mol. The molecule has 1 aromatic carbocycles. The number of nitrogens with zero attached hydrogens (tertiary/aromatic N) is 2. The Hall–Kier alpha value is -0.970. The summed E-state index contributed by atoms with van der Waals surface area (Å²) in [5.41, 5.74) is 0. The van der Waals surface area contributed by atoms with E-state index in [-0.39, 0.29) is 0 Å². The van der Waals surface area contributed by atoms with E-state index < -0.39 is 0 Å². The van der Waals surface area contributed by atoms with Gasteiger partial charge in [-0.1, -0.05) is 30.7 Å². The Bertz CT molecular complexity index is 541. The maximum atomic E-state index is 6.20. The predicted octanol–water partition coefficient (Wildman–Crippen LogP) is 3.39. The minimum absolute atomic E-state index is 0.391. The molecule has 2 rings (SSSR count). The molecule has 0 aliphatic heterocycles. The molecule has 0 bridgehead atoms. The molecule has 5 heteroatoms. The number of benzene rings is 1. The molecule has 0 amide bonds. The van der Waals surface area contributed by atoms with Crippen LogP contribution < -0.4 is 5.32 Å². The number of thioether (sulfide) groups is 1. The van der Waals surface area contributed by atoms with Crippen LogP contribution in [0.25, 0.3) is 0 Å². The number of hydrogen-bond donors (Lipinski definition) is 1. The second kappa shape index (κ2) is 7.72. The summed E-state index contributed by atoms with van der Waals surface area (Å²) in [5, 5.41) is 4.34. The van der Waals surface area contributed by atoms with Gasteiger partial charge in [-0.2, -0.15) is 0 Å². The van der Waals surface area contributed by atoms with E-state index in [0.717, 1.165) is 34.5 Å². The lowest BCUT2D eigenvalue weighted by atomic mass is 10.2. The highest BCUT2D eigenvalue weighted by atomic mass is 35.5. The lowest BCUT2D eigenvalue weighted by Gasteiger charge is -2.17. The third kappa shape index (κ3) is 4.27. The summed E-state index contributed by atoms with van der Waals surface area (Å²) in [4.78, 5) is 5.53. The zero-order chi connectivity index (χ0) is 14.4. The molecule has 1 aromatic heterocycles. The van der Waals surface area contributed by atoms with Crippen molar-refractivity contribution in [2.75, 3.05) is 12.3 Å². The average Bonchev–Trinajstić information content (AvgIpc) is 2.83. The van der Waals surface area contributed by atoms with Gasteiger partial charge in [0, 0.05) is 42.6 Å². The number of imidazole rings is 1. The van der Waals surface area contributed by atoms with Gasteiger partial charge in [0.2, 0.25) is 0 Å². The van der Waals surface area contributed by atoms with Gasteiger partial charge in [-0.3, -0.25) is 0 Å². The first-order valence-electron chi connectivity index (χ1n) is 6.77. The van der Waals surface area contributed by atoms with Crippen molar-refractivity contribution < 1.29 is 0 Å². The molecule has 3 nitrogen and oxygen atoms in total. The first-order valence-corrected chi connectivity index (χ1v) is 8.14. The Morgan fingerprint density at radius 2 is 2.20 bits per heavy atom. The molecular formula is C15H20ClN3S. The largest absolute Gasteiger partial charge is 0.338 e. The average molecular weight is 310 g/mol. The fourth-order valence-corrected chi connectivity index (χ4v) is 3.34. The van der Waals surface area contributed by atoms with Crippen molar-refractivity contribution in [2.24, 2.45) is 7.05 Å². The fraction of sp³-hybridized carbons (Fsp3) is 0.400. The zero-order valence-corrected chi connectivity index (χ0v) is 13.4. The Labute approximate surface area is 129 Å². The zero-order valence-electron chi connectivity index (χ0n) is 11.8. The maximum Gasteiger partial charge on any atom is 0.109 e. The number of halogens is 1. The summed E-state index contributed by atoms with van der Waals surface area (Å²) in [6.45, 7) is 3.09. The van der Waals surface area contributed by atoms with Crippen LogP contribution in [-0.2, 0) is 13.5 Å². The van der Waals surface area contributed by atoms with Crippen LogP contribution >= 0.6 is 23.4 Å². The van der Waals surface area contributed by atoms with Crippen molar-refractivity contribution in [1.29, 1.82) is 0 Å². The van der Waals surface area contributed by atoms with Gasteiger partial charge in [-0.15, -0.1) is 11.8 Å². The SMILES string of the molecule is CCNC(CSc1ccccc1Cl)Cc1nccn1C. The van der Waals surface area contributed by atoms with E-state index in [2.05, 4.69) is 27.9 Å². The van der Waals surface area contributed by atoms with Crippen LogP contribution in [-0.4, -0.2) is 27.9 Å². The maximum absolute atomic E-state index is 6.20. The molecule has 1 N–H and O–H groups in total. The highest BCUT2D eigenvalue weighted by molar-refractivity contribution is 7.99. The van der Waals surface area contributed by atoms with Gasteiger partial charge in [0.1, 0.15) is 5.82 Å². The van der Waals surface area contributed by atoms with E-state index in [1.54, 1.807) is 11.8 Å². The number of hydrogen-bond acceptors (Lipinski definition) is 3. The number of aromatic nitrogens is 2. The molecule has 0 fully saturated rings. The number of rotatable bonds is 7. The quantitative estimate of drug-likeness (QED) is 0.795. The summed E-state index contributed by atoms with van der Waals surface area (Å²) in [5.74, 6) is 2.08. The minimum atomic E-state index is 0.391. The van der Waals surface area contributed by atoms with Gasteiger partial charge in [0.25, 0.3) is 0 Å². The van der Waals surface area contributed by atoms with Crippen LogP contribution in [0.5, 0.6) is 0 Å². The molecule has 20 heavy (non-hydrogen) atoms. The van der Waals surface area contributed by atoms with E-state index in [0.29, 0.717) is 6.04 Å². The highest BCUT2D eigenvalue weighted by Gasteiger charge is 2.12. The van der Waals surface area contributed by atoms with Gasteiger partial charge < -0.3 is 9.88 Å². The van der Waals surface area contributed by atoms with E-state index in [9.17, 15) is 0 Å². The second-order valence-electron chi connectivity index (χ2n) is 4.65. The highest BCUT2D eigenvalue weighted by Crippen LogP contribution is 2.27. The van der Waals surface area contributed by atoms with E-state index >= 15 is 0 Å². The van der Waals surface area contributed by atoms with Crippen LogP contribution in [0.1, 0.15) is 12.7 Å². The Balaban J connectivity index is 1.96. The van der Waals surface area contributed by atoms with Crippen LogP contribution in [0.3, 0.4) is 0 Å². The second-order valence-corrected chi connectivity index (χ2v) is 6.12. The third-order valence-corrected chi connectivity index (χ3v) is 4.80. The van der Waals surface area contributed by atoms with Crippen LogP contribution in [0.15, 0.2) is 41.6 Å². The smallest absolute Gasteiger partial charge is 0.109 e. The molecule has 0 spiro atoms. The predicted molar refractivity (Wildman–Crippen MR) is 86.6 cm³/mol. The van der Waals surface area contributed by atoms with Crippen molar-refractivity contribution in [1.82, 2.24) is 14.9 Å². The number of nitrogens with one attached hydrogen (secondary N) is 1. The number of likely N-dealkylation sites (N-methyl/N-ethyl adjacent to an activating group) is 1. The Morgan fingerprint density at radius 1 is 1.40 bits per heavy atom. The molecule has 0 aliphatic carbocycles. The summed E-state index contributed by atoms with van der Waals surface area (Å²) in [6.07, 6.45) is 4.76. The van der Waals surface area contributed by atoms with E-state index in [1.807, 2.05) is 37.6 Å². The van der Waals surface area contributed by atoms with Gasteiger partial charge >= 0.3 is 0 Å². The standard InChI is InChI=1S/C15H20ClN3S/c1-3-17-12(10-15-18-8-9-19(15)2)11-20-14-7-5-4-6-13(14)16/h4-9,12,17H,3,10-11H2,1-2H3. The van der Waals surface area contributed by atoms with Crippen LogP contribution in [0, 0.1) is 0 Å². The normalized spacial score (nSPS) is 12.6. The van der Waals surface area contributed by atoms with Gasteiger partial charge in [0.15, 0.2) is 0 Å². The van der Waals surface area contributed by atoms with Crippen molar-refractivity contribution in [3.05, 3.63) is 47.5 Å². The lowest BCUT2D eigenvalue weighted by Crippen LogP contribution is -2.34. The molecule has 0 radical (unpaired) electrons. The van der Waals surface area contributed by atoms with E-state index in [1.165, 1.54) is 0 Å². The Morgan fingerprint density at radius 3 is 2.85 bits per heavy atom. The first-order chi connectivity index (χ1) is 9.70. The number of aryl methyl sites for hydroxylation is 1. The lowest BCUT2D eigenvalue weighted by molar-refractivity contribution is 0.550.